The number of hydrogen-bond acceptors (Lipinski definition) is 4. The topological polar surface area (TPSA) is 33.5 Å². The first-order valence-corrected chi connectivity index (χ1v) is 28.9. The van der Waals surface area contributed by atoms with Gasteiger partial charge in [0.15, 0.2) is 0 Å². The van der Waals surface area contributed by atoms with Crippen molar-refractivity contribution in [3.8, 4) is 39.6 Å². The Kier molecular flexibility index (Phi) is 15.8. The fraction of sp³-hybridized carbons (Fsp3) is 0.263. The Morgan fingerprint density at radius 1 is 0.512 bits per heavy atom. The summed E-state index contributed by atoms with van der Waals surface area (Å²) in [6, 6.07) is 73.9. The zero-order chi connectivity index (χ0) is 57.2. The molecule has 420 valence electrons. The molecule has 0 bridgehead atoms. The Bertz CT molecular complexity index is 3940. The molecule has 5 nitrogen and oxygen atoms in total. The molecular weight excluding hydrogens is 1180 g/mol. The number of aromatic nitrogens is 2. The van der Waals surface area contributed by atoms with E-state index in [1.807, 2.05) is 6.20 Å². The number of fused-ring (bicyclic) bond motifs is 3. The van der Waals surface area contributed by atoms with Crippen molar-refractivity contribution >= 4 is 33.2 Å². The van der Waals surface area contributed by atoms with Crippen LogP contribution in [0.15, 0.2) is 200 Å². The molecule has 6 heteroatoms. The number of hydrogen-bond donors (Lipinski definition) is 0. The molecule has 82 heavy (non-hydrogen) atoms. The van der Waals surface area contributed by atoms with E-state index in [1.165, 1.54) is 50.1 Å². The van der Waals surface area contributed by atoms with Gasteiger partial charge >= 0.3 is 0 Å². The van der Waals surface area contributed by atoms with Crippen molar-refractivity contribution in [2.24, 2.45) is 5.41 Å². The van der Waals surface area contributed by atoms with Gasteiger partial charge in [0, 0.05) is 66.5 Å². The molecule has 3 heterocycles. The van der Waals surface area contributed by atoms with Crippen LogP contribution in [0.3, 0.4) is 0 Å². The van der Waals surface area contributed by atoms with Crippen molar-refractivity contribution in [2.75, 3.05) is 9.80 Å². The summed E-state index contributed by atoms with van der Waals surface area (Å²) in [5.41, 5.74) is 17.3. The molecule has 0 radical (unpaired) electrons. The molecule has 0 atom stereocenters. The average molecular weight is 1260 g/mol. The van der Waals surface area contributed by atoms with E-state index in [4.69, 9.17) is 9.72 Å². The Balaban J connectivity index is 0.00000753. The standard InChI is InChI=1S/C76H77N4O.Pt/c1-50(2)63-34-26-35-64(51(3)4)71(63)54-41-59(78-48-69(74(8,9)10)79(49-78)60-40-53(52-27-18-15-19-28-52)39-58(43-60)75(11,12)55-29-20-16-21-30-55)45-61(42-54)81-62-46-66(76(13,14)56-31-22-17-23-32-56)72-65-33-24-25-36-67(65)80(68(72)47-62)70-44-57(37-38-77-70)73(5,6)7;/h15-44,46,48-51H,1-14H3;/q-3;. The third-order valence-electron chi connectivity index (χ3n) is 16.7. The van der Waals surface area contributed by atoms with Crippen LogP contribution in [0.4, 0.5) is 11.4 Å². The Morgan fingerprint density at radius 2 is 1.11 bits per heavy atom. The molecule has 1 aliphatic heterocycles. The summed E-state index contributed by atoms with van der Waals surface area (Å²) < 4.78 is 9.71. The van der Waals surface area contributed by atoms with Gasteiger partial charge in [-0.2, -0.15) is 0 Å². The van der Waals surface area contributed by atoms with Crippen LogP contribution in [0.25, 0.3) is 49.9 Å². The van der Waals surface area contributed by atoms with Crippen molar-refractivity contribution < 1.29 is 25.8 Å². The van der Waals surface area contributed by atoms with Crippen molar-refractivity contribution in [1.82, 2.24) is 9.55 Å². The van der Waals surface area contributed by atoms with E-state index >= 15 is 0 Å². The smallest absolute Gasteiger partial charge is 0.135 e. The normalized spacial score (nSPS) is 13.3. The van der Waals surface area contributed by atoms with Crippen LogP contribution in [-0.2, 0) is 37.3 Å². The van der Waals surface area contributed by atoms with Crippen molar-refractivity contribution in [3.63, 3.8) is 0 Å². The van der Waals surface area contributed by atoms with Crippen molar-refractivity contribution in [1.29, 1.82) is 0 Å². The van der Waals surface area contributed by atoms with Gasteiger partial charge in [-0.05, 0) is 115 Å². The second kappa shape index (κ2) is 22.4. The number of ether oxygens (including phenoxy) is 1. The number of para-hydroxylation sites is 1. The van der Waals surface area contributed by atoms with Gasteiger partial charge < -0.3 is 19.1 Å². The number of benzene rings is 8. The van der Waals surface area contributed by atoms with Crippen LogP contribution < -0.4 is 14.5 Å². The van der Waals surface area contributed by atoms with Gasteiger partial charge in [0.1, 0.15) is 5.82 Å². The molecule has 11 rings (SSSR count). The minimum atomic E-state index is -0.447. The molecule has 0 saturated heterocycles. The third-order valence-corrected chi connectivity index (χ3v) is 16.7. The summed E-state index contributed by atoms with van der Waals surface area (Å²) >= 11 is 0. The minimum Gasteiger partial charge on any atom is -0.509 e. The van der Waals surface area contributed by atoms with Gasteiger partial charge in [-0.25, -0.2) is 4.98 Å². The molecule has 2 aromatic heterocycles. The summed E-state index contributed by atoms with van der Waals surface area (Å²) in [5, 5.41) is 2.26. The Hall–Kier alpha value is -7.46. The van der Waals surface area contributed by atoms with E-state index in [0.29, 0.717) is 11.5 Å². The SMILES string of the molecule is CC(C)c1cccc(C(C)C)c1-c1cc(Oc2[c-]c3c(c(C(C)(C)c4ccccc4)c2)c2ccccc2n3-c2cc(C(C)(C)C)ccn2)[c-]c(N2C=C(C(C)(C)C)N(c3cc(-c4ccccc4)cc(C(C)(C)c4ccccc4)c3)[CH-]2)c1.[Pt]. The average Bonchev–Trinajstić information content (AvgIpc) is 2.32. The molecule has 0 saturated carbocycles. The zero-order valence-electron chi connectivity index (χ0n) is 50.2. The Morgan fingerprint density at radius 3 is 1.73 bits per heavy atom. The molecule has 8 aromatic carbocycles. The van der Waals surface area contributed by atoms with Crippen molar-refractivity contribution in [3.05, 3.63) is 258 Å². The monoisotopic (exact) mass is 1260 g/mol. The number of allylic oxidation sites excluding steroid dienone is 1. The quantitative estimate of drug-likeness (QED) is 0.108. The van der Waals surface area contributed by atoms with Crippen LogP contribution in [0, 0.1) is 24.2 Å². The predicted molar refractivity (Wildman–Crippen MR) is 341 cm³/mol. The molecule has 0 N–H and O–H groups in total. The largest absolute Gasteiger partial charge is 0.509 e. The van der Waals surface area contributed by atoms with E-state index in [2.05, 4.69) is 318 Å². The first-order valence-electron chi connectivity index (χ1n) is 28.9. The van der Waals surface area contributed by atoms with E-state index in [1.54, 1.807) is 0 Å². The molecule has 0 aliphatic carbocycles. The predicted octanol–water partition coefficient (Wildman–Crippen LogP) is 20.4. The van der Waals surface area contributed by atoms with Crippen LogP contribution in [0.5, 0.6) is 11.5 Å². The summed E-state index contributed by atoms with van der Waals surface area (Å²) in [6.07, 6.45) is 4.23. The maximum absolute atomic E-state index is 7.43. The molecular formula is C76H77N4OPt-3. The van der Waals surface area contributed by atoms with Crippen LogP contribution >= 0.6 is 0 Å². The number of nitrogens with zero attached hydrogens (tertiary/aromatic N) is 4. The maximum Gasteiger partial charge on any atom is 0.135 e. The maximum atomic E-state index is 7.43. The summed E-state index contributed by atoms with van der Waals surface area (Å²) in [7, 11) is 0. The molecule has 0 amide bonds. The first kappa shape index (κ1) is 57.8. The fourth-order valence-electron chi connectivity index (χ4n) is 11.9. The van der Waals surface area contributed by atoms with Gasteiger partial charge in [0.05, 0.1) is 0 Å². The van der Waals surface area contributed by atoms with Gasteiger partial charge in [0.2, 0.25) is 0 Å². The van der Waals surface area contributed by atoms with Crippen LogP contribution in [-0.4, -0.2) is 9.55 Å². The van der Waals surface area contributed by atoms with E-state index in [0.717, 1.165) is 55.8 Å². The summed E-state index contributed by atoms with van der Waals surface area (Å²) in [4.78, 5) is 9.73. The third kappa shape index (κ3) is 11.0. The molecule has 0 unspecified atom stereocenters. The van der Waals surface area contributed by atoms with Crippen LogP contribution in [0.2, 0.25) is 0 Å². The van der Waals surface area contributed by atoms with Gasteiger partial charge in [-0.3, -0.25) is 0 Å². The number of anilines is 2. The zero-order valence-corrected chi connectivity index (χ0v) is 52.5. The summed E-state index contributed by atoms with van der Waals surface area (Å²) in [5.74, 6) is 2.58. The fourth-order valence-corrected chi connectivity index (χ4v) is 11.9. The number of rotatable bonds is 13. The second-order valence-electron chi connectivity index (χ2n) is 25.9. The first-order chi connectivity index (χ1) is 38.6. The molecule has 1 aliphatic rings. The minimum absolute atomic E-state index is 0. The second-order valence-corrected chi connectivity index (χ2v) is 25.9. The number of pyridine rings is 1. The van der Waals surface area contributed by atoms with Gasteiger partial charge in [0.25, 0.3) is 0 Å². The molecule has 0 fully saturated rings. The van der Waals surface area contributed by atoms with Gasteiger partial charge in [-0.1, -0.05) is 241 Å². The molecule has 10 aromatic rings. The van der Waals surface area contributed by atoms with Crippen molar-refractivity contribution in [2.45, 2.75) is 125 Å². The van der Waals surface area contributed by atoms with Crippen LogP contribution in [0.1, 0.15) is 148 Å². The Labute approximate surface area is 503 Å². The van der Waals surface area contributed by atoms with E-state index in [-0.39, 0.29) is 49.1 Å². The van der Waals surface area contributed by atoms with E-state index < -0.39 is 5.41 Å². The molecule has 0 spiro atoms. The summed E-state index contributed by atoms with van der Waals surface area (Å²) in [6.45, 7) is 34.4. The van der Waals surface area contributed by atoms with Gasteiger partial charge in [-0.15, -0.1) is 53.8 Å². The van der Waals surface area contributed by atoms with E-state index in [9.17, 15) is 0 Å².